The van der Waals surface area contributed by atoms with E-state index in [1.165, 1.54) is 34.7 Å². The van der Waals surface area contributed by atoms with Crippen molar-refractivity contribution in [2.75, 3.05) is 4.90 Å². The number of nitrogens with zero attached hydrogens (tertiary/aromatic N) is 3. The zero-order chi connectivity index (χ0) is 20.0. The number of furan rings is 1. The van der Waals surface area contributed by atoms with Crippen molar-refractivity contribution in [1.82, 2.24) is 10.2 Å². The van der Waals surface area contributed by atoms with E-state index in [0.717, 1.165) is 11.3 Å². The molecule has 1 amide bonds. The van der Waals surface area contributed by atoms with E-state index in [1.807, 2.05) is 0 Å². The maximum Gasteiger partial charge on any atom is 0.301 e. The molecule has 0 aliphatic carbocycles. The van der Waals surface area contributed by atoms with Crippen molar-refractivity contribution in [3.63, 3.8) is 0 Å². The second kappa shape index (κ2) is 6.68. The predicted molar refractivity (Wildman–Crippen MR) is 99.3 cm³/mol. The Hall–Kier alpha value is -3.33. The molecule has 1 fully saturated rings. The van der Waals surface area contributed by atoms with Gasteiger partial charge in [0, 0.05) is 0 Å². The highest BCUT2D eigenvalue weighted by molar-refractivity contribution is 7.13. The number of anilines is 1. The zero-order valence-electron chi connectivity index (χ0n) is 14.8. The number of aryl methyl sites for hydroxylation is 2. The standard InChI is InChI=1S/C19H14FN3O4S/c1-9-7-13(10(2)27-9)16(24)14-15(11-3-5-12(20)6-4-11)23(18(26)17(14)25)19-22-21-8-28-19/h3-8,15,24H,1-2H3/b16-14+. The van der Waals surface area contributed by atoms with Crippen LogP contribution in [0.5, 0.6) is 0 Å². The van der Waals surface area contributed by atoms with E-state index in [0.29, 0.717) is 22.6 Å². The Labute approximate surface area is 162 Å². The lowest BCUT2D eigenvalue weighted by Gasteiger charge is -2.22. The lowest BCUT2D eigenvalue weighted by Crippen LogP contribution is -2.29. The summed E-state index contributed by atoms with van der Waals surface area (Å²) in [5.41, 5.74) is 2.09. The highest BCUT2D eigenvalue weighted by atomic mass is 32.1. The van der Waals surface area contributed by atoms with Crippen molar-refractivity contribution in [2.24, 2.45) is 0 Å². The Morgan fingerprint density at radius 3 is 2.54 bits per heavy atom. The quantitative estimate of drug-likeness (QED) is 0.411. The second-order valence-electron chi connectivity index (χ2n) is 6.27. The molecular formula is C19H14FN3O4S. The normalized spacial score (nSPS) is 18.8. The summed E-state index contributed by atoms with van der Waals surface area (Å²) < 4.78 is 18.9. The van der Waals surface area contributed by atoms with E-state index in [-0.39, 0.29) is 16.5 Å². The third kappa shape index (κ3) is 2.80. The van der Waals surface area contributed by atoms with Crippen LogP contribution in [0.15, 0.2) is 45.8 Å². The number of carbonyl (C=O) groups excluding carboxylic acids is 2. The fraction of sp³-hybridized carbons (Fsp3) is 0.158. The number of aliphatic hydroxyl groups excluding tert-OH is 1. The first-order valence-corrected chi connectivity index (χ1v) is 9.16. The van der Waals surface area contributed by atoms with Gasteiger partial charge in [0.1, 0.15) is 28.6 Å². The molecule has 1 aliphatic rings. The van der Waals surface area contributed by atoms with Gasteiger partial charge in [-0.25, -0.2) is 4.39 Å². The highest BCUT2D eigenvalue weighted by Gasteiger charge is 2.48. The van der Waals surface area contributed by atoms with Gasteiger partial charge in [-0.3, -0.25) is 14.5 Å². The molecule has 0 bridgehead atoms. The zero-order valence-corrected chi connectivity index (χ0v) is 15.7. The summed E-state index contributed by atoms with van der Waals surface area (Å²) in [7, 11) is 0. The van der Waals surface area contributed by atoms with Crippen molar-refractivity contribution < 1.29 is 23.5 Å². The average Bonchev–Trinajstić information content (AvgIpc) is 3.35. The Morgan fingerprint density at radius 1 is 1.25 bits per heavy atom. The van der Waals surface area contributed by atoms with Crippen LogP contribution in [-0.2, 0) is 9.59 Å². The lowest BCUT2D eigenvalue weighted by atomic mass is 9.95. The van der Waals surface area contributed by atoms with Crippen LogP contribution in [0, 0.1) is 19.7 Å². The maximum atomic E-state index is 13.4. The Bertz CT molecular complexity index is 1100. The molecule has 1 unspecified atom stereocenters. The lowest BCUT2D eigenvalue weighted by molar-refractivity contribution is -0.132. The number of halogens is 1. The van der Waals surface area contributed by atoms with E-state index in [1.54, 1.807) is 19.9 Å². The third-order valence-corrected chi connectivity index (χ3v) is 5.17. The van der Waals surface area contributed by atoms with Gasteiger partial charge >= 0.3 is 5.91 Å². The minimum atomic E-state index is -0.969. The molecule has 1 saturated heterocycles. The number of carbonyl (C=O) groups is 2. The molecule has 4 rings (SSSR count). The number of benzene rings is 1. The Morgan fingerprint density at radius 2 is 1.96 bits per heavy atom. The van der Waals surface area contributed by atoms with Gasteiger partial charge in [0.15, 0.2) is 0 Å². The summed E-state index contributed by atoms with van der Waals surface area (Å²) in [6.45, 7) is 3.36. The maximum absolute atomic E-state index is 13.4. The SMILES string of the molecule is Cc1cc(/C(O)=C2\C(=O)C(=O)N(c3nncs3)C2c2ccc(F)cc2)c(C)o1. The van der Waals surface area contributed by atoms with E-state index in [2.05, 4.69) is 10.2 Å². The fourth-order valence-corrected chi connectivity index (χ4v) is 3.86. The molecule has 0 radical (unpaired) electrons. The number of hydrogen-bond acceptors (Lipinski definition) is 7. The van der Waals surface area contributed by atoms with Crippen LogP contribution >= 0.6 is 11.3 Å². The number of aliphatic hydroxyl groups is 1. The van der Waals surface area contributed by atoms with Crippen molar-refractivity contribution in [2.45, 2.75) is 19.9 Å². The molecule has 1 N–H and O–H groups in total. The van der Waals surface area contributed by atoms with Crippen molar-refractivity contribution >= 4 is 33.9 Å². The van der Waals surface area contributed by atoms with Gasteiger partial charge in [0.05, 0.1) is 17.2 Å². The van der Waals surface area contributed by atoms with Gasteiger partial charge in [-0.05, 0) is 37.6 Å². The van der Waals surface area contributed by atoms with Gasteiger partial charge in [0.2, 0.25) is 5.13 Å². The Kier molecular flexibility index (Phi) is 4.31. The molecule has 1 aliphatic heterocycles. The number of hydrogen-bond donors (Lipinski definition) is 1. The summed E-state index contributed by atoms with van der Waals surface area (Å²) in [6, 6.07) is 5.99. The molecule has 9 heteroatoms. The largest absolute Gasteiger partial charge is 0.507 e. The van der Waals surface area contributed by atoms with E-state index < -0.39 is 23.5 Å². The van der Waals surface area contributed by atoms with Crippen molar-refractivity contribution in [3.05, 3.63) is 69.9 Å². The van der Waals surface area contributed by atoms with E-state index in [9.17, 15) is 19.1 Å². The molecule has 1 atom stereocenters. The summed E-state index contributed by atoms with van der Waals surface area (Å²) in [6.07, 6.45) is 0. The molecule has 2 aromatic heterocycles. The monoisotopic (exact) mass is 399 g/mol. The second-order valence-corrected chi connectivity index (χ2v) is 7.08. The van der Waals surface area contributed by atoms with Gasteiger partial charge in [-0.2, -0.15) is 0 Å². The van der Waals surface area contributed by atoms with Gasteiger partial charge in [-0.1, -0.05) is 23.5 Å². The smallest absolute Gasteiger partial charge is 0.301 e. The van der Waals surface area contributed by atoms with Crippen LogP contribution in [0.2, 0.25) is 0 Å². The third-order valence-electron chi connectivity index (χ3n) is 4.48. The van der Waals surface area contributed by atoms with Crippen LogP contribution in [-0.4, -0.2) is 27.0 Å². The number of ketones is 1. The molecule has 1 aromatic carbocycles. The molecule has 3 aromatic rings. The van der Waals surface area contributed by atoms with E-state index >= 15 is 0 Å². The van der Waals surface area contributed by atoms with Crippen LogP contribution in [0.1, 0.15) is 28.7 Å². The first kappa shape index (κ1) is 18.1. The number of Topliss-reactive ketones (excluding diaryl/α,β-unsaturated/α-hetero) is 1. The molecule has 0 saturated carbocycles. The minimum Gasteiger partial charge on any atom is -0.507 e. The summed E-state index contributed by atoms with van der Waals surface area (Å²) >= 11 is 1.08. The fourth-order valence-electron chi connectivity index (χ4n) is 3.27. The number of aromatic nitrogens is 2. The summed E-state index contributed by atoms with van der Waals surface area (Å²) in [5, 5.41) is 18.7. The molecule has 28 heavy (non-hydrogen) atoms. The van der Waals surface area contributed by atoms with E-state index in [4.69, 9.17) is 4.42 Å². The van der Waals surface area contributed by atoms with Crippen molar-refractivity contribution in [3.8, 4) is 0 Å². The molecule has 3 heterocycles. The van der Waals surface area contributed by atoms with Crippen LogP contribution in [0.25, 0.3) is 5.76 Å². The van der Waals surface area contributed by atoms with Crippen LogP contribution in [0.3, 0.4) is 0 Å². The molecule has 0 spiro atoms. The van der Waals surface area contributed by atoms with Crippen LogP contribution < -0.4 is 4.90 Å². The van der Waals surface area contributed by atoms with Gasteiger partial charge in [0.25, 0.3) is 5.78 Å². The first-order valence-electron chi connectivity index (χ1n) is 8.28. The molecule has 142 valence electrons. The molecule has 7 nitrogen and oxygen atoms in total. The number of amides is 1. The summed E-state index contributed by atoms with van der Waals surface area (Å²) in [4.78, 5) is 26.8. The van der Waals surface area contributed by atoms with Crippen LogP contribution in [0.4, 0.5) is 9.52 Å². The topological polar surface area (TPSA) is 96.5 Å². The summed E-state index contributed by atoms with van der Waals surface area (Å²) in [5.74, 6) is -1.55. The highest BCUT2D eigenvalue weighted by Crippen LogP contribution is 2.43. The average molecular weight is 399 g/mol. The first-order chi connectivity index (χ1) is 13.4. The number of rotatable bonds is 3. The van der Waals surface area contributed by atoms with Gasteiger partial charge < -0.3 is 9.52 Å². The van der Waals surface area contributed by atoms with Crippen molar-refractivity contribution in [1.29, 1.82) is 0 Å². The van der Waals surface area contributed by atoms with Gasteiger partial charge in [-0.15, -0.1) is 10.2 Å². The predicted octanol–water partition coefficient (Wildman–Crippen LogP) is 3.51. The Balaban J connectivity index is 1.96. The molecular weight excluding hydrogens is 385 g/mol. The minimum absolute atomic E-state index is 0.115.